The highest BCUT2D eigenvalue weighted by molar-refractivity contribution is 5.85. The van der Waals surface area contributed by atoms with Crippen LogP contribution in [0.1, 0.15) is 43.2 Å². The summed E-state index contributed by atoms with van der Waals surface area (Å²) in [6, 6.07) is 8.09. The minimum absolute atomic E-state index is 0.0706. The molecule has 21 heavy (non-hydrogen) atoms. The van der Waals surface area contributed by atoms with E-state index in [1.54, 1.807) is 0 Å². The lowest BCUT2D eigenvalue weighted by Crippen LogP contribution is -2.43. The second kappa shape index (κ2) is 7.81. The van der Waals surface area contributed by atoms with Crippen LogP contribution in [-0.2, 0) is 16.0 Å². The lowest BCUT2D eigenvalue weighted by atomic mass is 9.95. The third kappa shape index (κ3) is 5.21. The van der Waals surface area contributed by atoms with Crippen LogP contribution in [0.4, 0.5) is 0 Å². The maximum absolute atomic E-state index is 11.9. The molecule has 0 radical (unpaired) electrons. The third-order valence-electron chi connectivity index (χ3n) is 4.03. The fourth-order valence-corrected chi connectivity index (χ4v) is 2.75. The number of rotatable bonds is 5. The van der Waals surface area contributed by atoms with Crippen molar-refractivity contribution < 1.29 is 9.59 Å². The van der Waals surface area contributed by atoms with Crippen LogP contribution in [0.25, 0.3) is 0 Å². The van der Waals surface area contributed by atoms with Gasteiger partial charge >= 0.3 is 0 Å². The van der Waals surface area contributed by atoms with Crippen molar-refractivity contribution in [3.8, 4) is 0 Å². The van der Waals surface area contributed by atoms with E-state index >= 15 is 0 Å². The molecule has 0 aromatic heterocycles. The summed E-state index contributed by atoms with van der Waals surface area (Å²) in [7, 11) is 0. The molecule has 2 N–H and O–H groups in total. The van der Waals surface area contributed by atoms with Crippen LogP contribution in [0, 0.1) is 6.92 Å². The maximum atomic E-state index is 11.9. The number of benzene rings is 1. The summed E-state index contributed by atoms with van der Waals surface area (Å²) in [4.78, 5) is 23.7. The van der Waals surface area contributed by atoms with Crippen molar-refractivity contribution in [1.29, 1.82) is 0 Å². The first-order valence-electron chi connectivity index (χ1n) is 7.75. The van der Waals surface area contributed by atoms with Crippen LogP contribution >= 0.6 is 0 Å². The smallest absolute Gasteiger partial charge is 0.239 e. The van der Waals surface area contributed by atoms with Gasteiger partial charge in [-0.1, -0.05) is 43.5 Å². The SMILES string of the molecule is Cc1ccccc1CC(=O)NCC(=O)NC1CCCCC1. The van der Waals surface area contributed by atoms with Crippen LogP contribution in [0.2, 0.25) is 0 Å². The van der Waals surface area contributed by atoms with Gasteiger partial charge in [0.2, 0.25) is 11.8 Å². The molecule has 0 unspecified atom stereocenters. The van der Waals surface area contributed by atoms with Gasteiger partial charge in [-0.05, 0) is 30.9 Å². The molecule has 1 aromatic rings. The van der Waals surface area contributed by atoms with E-state index < -0.39 is 0 Å². The molecule has 1 saturated carbocycles. The minimum Gasteiger partial charge on any atom is -0.352 e. The van der Waals surface area contributed by atoms with E-state index in [2.05, 4.69) is 10.6 Å². The van der Waals surface area contributed by atoms with E-state index in [0.29, 0.717) is 12.5 Å². The zero-order valence-corrected chi connectivity index (χ0v) is 12.7. The fraction of sp³-hybridized carbons (Fsp3) is 0.529. The van der Waals surface area contributed by atoms with Gasteiger partial charge in [-0.3, -0.25) is 9.59 Å². The largest absolute Gasteiger partial charge is 0.352 e. The van der Waals surface area contributed by atoms with Crippen LogP contribution in [-0.4, -0.2) is 24.4 Å². The molecule has 0 saturated heterocycles. The molecule has 4 nitrogen and oxygen atoms in total. The Bertz CT molecular complexity index is 493. The number of amides is 2. The summed E-state index contributed by atoms with van der Waals surface area (Å²) in [6.07, 6.45) is 6.07. The Labute approximate surface area is 126 Å². The van der Waals surface area contributed by atoms with E-state index in [9.17, 15) is 9.59 Å². The molecule has 1 aliphatic rings. The Balaban J connectivity index is 1.71. The lowest BCUT2D eigenvalue weighted by molar-refractivity contribution is -0.126. The van der Waals surface area contributed by atoms with Crippen molar-refractivity contribution in [3.05, 3.63) is 35.4 Å². The molecule has 0 spiro atoms. The summed E-state index contributed by atoms with van der Waals surface area (Å²) < 4.78 is 0. The van der Waals surface area contributed by atoms with Gasteiger partial charge in [-0.15, -0.1) is 0 Å². The second-order valence-electron chi connectivity index (χ2n) is 5.78. The normalized spacial score (nSPS) is 15.5. The highest BCUT2D eigenvalue weighted by atomic mass is 16.2. The Morgan fingerprint density at radius 2 is 1.81 bits per heavy atom. The van der Waals surface area contributed by atoms with Crippen LogP contribution in [0.3, 0.4) is 0 Å². The van der Waals surface area contributed by atoms with E-state index in [1.807, 2.05) is 31.2 Å². The summed E-state index contributed by atoms with van der Waals surface area (Å²) in [5.41, 5.74) is 2.10. The van der Waals surface area contributed by atoms with Crippen LogP contribution in [0.5, 0.6) is 0 Å². The number of hydrogen-bond donors (Lipinski definition) is 2. The van der Waals surface area contributed by atoms with Crippen molar-refractivity contribution in [1.82, 2.24) is 10.6 Å². The van der Waals surface area contributed by atoms with Crippen molar-refractivity contribution in [2.24, 2.45) is 0 Å². The summed E-state index contributed by atoms with van der Waals surface area (Å²) in [5.74, 6) is -0.192. The zero-order chi connectivity index (χ0) is 15.1. The van der Waals surface area contributed by atoms with E-state index in [4.69, 9.17) is 0 Å². The number of aryl methyl sites for hydroxylation is 1. The molecule has 2 rings (SSSR count). The monoisotopic (exact) mass is 288 g/mol. The Morgan fingerprint density at radius 3 is 2.52 bits per heavy atom. The summed E-state index contributed by atoms with van der Waals surface area (Å²) in [5, 5.41) is 5.69. The number of carbonyl (C=O) groups excluding carboxylic acids is 2. The molecule has 1 aliphatic carbocycles. The summed E-state index contributed by atoms with van der Waals surface area (Å²) >= 11 is 0. The van der Waals surface area contributed by atoms with Crippen LogP contribution in [0.15, 0.2) is 24.3 Å². The highest BCUT2D eigenvalue weighted by Crippen LogP contribution is 2.17. The van der Waals surface area contributed by atoms with E-state index in [1.165, 1.54) is 19.3 Å². The minimum atomic E-state index is -0.108. The van der Waals surface area contributed by atoms with Gasteiger partial charge in [0.25, 0.3) is 0 Å². The van der Waals surface area contributed by atoms with E-state index in [-0.39, 0.29) is 18.4 Å². The molecule has 1 aromatic carbocycles. The third-order valence-corrected chi connectivity index (χ3v) is 4.03. The molecule has 0 aliphatic heterocycles. The van der Waals surface area contributed by atoms with Gasteiger partial charge < -0.3 is 10.6 Å². The Kier molecular flexibility index (Phi) is 5.78. The number of carbonyl (C=O) groups is 2. The molecular formula is C17H24N2O2. The van der Waals surface area contributed by atoms with Crippen molar-refractivity contribution in [2.45, 2.75) is 51.5 Å². The molecule has 114 valence electrons. The quantitative estimate of drug-likeness (QED) is 0.872. The fourth-order valence-electron chi connectivity index (χ4n) is 2.75. The topological polar surface area (TPSA) is 58.2 Å². The molecule has 4 heteroatoms. The predicted molar refractivity (Wildman–Crippen MR) is 82.9 cm³/mol. The predicted octanol–water partition coefficient (Wildman–Crippen LogP) is 2.10. The number of hydrogen-bond acceptors (Lipinski definition) is 2. The second-order valence-corrected chi connectivity index (χ2v) is 5.78. The molecule has 1 fully saturated rings. The Morgan fingerprint density at radius 1 is 1.10 bits per heavy atom. The first-order chi connectivity index (χ1) is 10.1. The van der Waals surface area contributed by atoms with Crippen molar-refractivity contribution in [2.75, 3.05) is 6.54 Å². The van der Waals surface area contributed by atoms with Crippen molar-refractivity contribution >= 4 is 11.8 Å². The van der Waals surface area contributed by atoms with E-state index in [0.717, 1.165) is 24.0 Å². The van der Waals surface area contributed by atoms with Gasteiger partial charge in [-0.2, -0.15) is 0 Å². The average molecular weight is 288 g/mol. The van der Waals surface area contributed by atoms with Gasteiger partial charge in [0, 0.05) is 6.04 Å². The molecule has 0 heterocycles. The zero-order valence-electron chi connectivity index (χ0n) is 12.7. The highest BCUT2D eigenvalue weighted by Gasteiger charge is 2.16. The standard InChI is InChI=1S/C17H24N2O2/c1-13-7-5-6-8-14(13)11-16(20)18-12-17(21)19-15-9-3-2-4-10-15/h5-8,15H,2-4,9-12H2,1H3,(H,18,20)(H,19,21). The first kappa shape index (κ1) is 15.5. The van der Waals surface area contributed by atoms with Gasteiger partial charge in [0.05, 0.1) is 13.0 Å². The molecule has 0 bridgehead atoms. The van der Waals surface area contributed by atoms with Crippen LogP contribution < -0.4 is 10.6 Å². The van der Waals surface area contributed by atoms with Gasteiger partial charge in [0.1, 0.15) is 0 Å². The maximum Gasteiger partial charge on any atom is 0.239 e. The Hall–Kier alpha value is -1.84. The average Bonchev–Trinajstić information content (AvgIpc) is 2.49. The first-order valence-corrected chi connectivity index (χ1v) is 7.75. The number of nitrogens with one attached hydrogen (secondary N) is 2. The molecule has 0 atom stereocenters. The van der Waals surface area contributed by atoms with Gasteiger partial charge in [-0.25, -0.2) is 0 Å². The molecular weight excluding hydrogens is 264 g/mol. The molecule has 2 amide bonds. The summed E-state index contributed by atoms with van der Waals surface area (Å²) in [6.45, 7) is 2.06. The van der Waals surface area contributed by atoms with Gasteiger partial charge in [0.15, 0.2) is 0 Å². The lowest BCUT2D eigenvalue weighted by Gasteiger charge is -2.22. The van der Waals surface area contributed by atoms with Crippen molar-refractivity contribution in [3.63, 3.8) is 0 Å².